The van der Waals surface area contributed by atoms with Crippen LogP contribution in [0.25, 0.3) is 17.2 Å². The number of carboxylic acid groups (broad SMARTS) is 1. The molecular formula is C24H22NO2+. The van der Waals surface area contributed by atoms with Gasteiger partial charge in [-0.25, -0.2) is 4.48 Å². The molecule has 0 saturated carbocycles. The number of likely N-dealkylation sites (N-methyl/N-ethyl adjacent to an activating group) is 1. The zero-order valence-electron chi connectivity index (χ0n) is 15.2. The molecule has 3 aromatic rings. The van der Waals surface area contributed by atoms with Crippen molar-refractivity contribution in [2.24, 2.45) is 0 Å². The van der Waals surface area contributed by atoms with Crippen LogP contribution in [0.15, 0.2) is 84.9 Å². The van der Waals surface area contributed by atoms with Crippen LogP contribution in [0, 0.1) is 0 Å². The zero-order chi connectivity index (χ0) is 18.9. The molecule has 0 aliphatic heterocycles. The standard InChI is InChI=1S/C24H21NO2/c1-25(24(26)27,17-9-12-18-10-3-2-4-11-18)23-21-15-7-5-13-19(21)20-14-6-8-16-22(20)23/h2-16,23H,17H2,1H3/p+1/i24+1. The highest BCUT2D eigenvalue weighted by Crippen LogP contribution is 2.48. The molecule has 3 aromatic carbocycles. The van der Waals surface area contributed by atoms with E-state index < -0.39 is 6.09 Å². The molecule has 1 aliphatic carbocycles. The van der Waals surface area contributed by atoms with Gasteiger partial charge in [-0.3, -0.25) is 0 Å². The van der Waals surface area contributed by atoms with Gasteiger partial charge in [-0.2, -0.15) is 4.79 Å². The quantitative estimate of drug-likeness (QED) is 0.488. The lowest BCUT2D eigenvalue weighted by atomic mass is 10.0. The highest BCUT2D eigenvalue weighted by molar-refractivity contribution is 5.79. The second-order valence-corrected chi connectivity index (χ2v) is 7.12. The molecule has 3 nitrogen and oxygen atoms in total. The van der Waals surface area contributed by atoms with E-state index in [4.69, 9.17) is 0 Å². The first-order valence-corrected chi connectivity index (χ1v) is 9.10. The molecule has 0 saturated heterocycles. The van der Waals surface area contributed by atoms with Crippen LogP contribution < -0.4 is 0 Å². The Bertz CT molecular complexity index is 964. The van der Waals surface area contributed by atoms with E-state index in [1.807, 2.05) is 66.7 Å². The number of benzene rings is 3. The normalized spacial score (nSPS) is 15.3. The van der Waals surface area contributed by atoms with E-state index in [1.165, 1.54) is 0 Å². The summed E-state index contributed by atoms with van der Waals surface area (Å²) in [5.41, 5.74) is 5.50. The fourth-order valence-corrected chi connectivity index (χ4v) is 4.01. The minimum Gasteiger partial charge on any atom is -0.435 e. The Kier molecular flexibility index (Phi) is 4.38. The van der Waals surface area contributed by atoms with E-state index in [-0.39, 0.29) is 10.5 Å². The van der Waals surface area contributed by atoms with Crippen LogP contribution in [0.5, 0.6) is 0 Å². The molecule has 134 valence electrons. The van der Waals surface area contributed by atoms with Gasteiger partial charge in [0.1, 0.15) is 6.54 Å². The van der Waals surface area contributed by atoms with Crippen LogP contribution in [-0.2, 0) is 0 Å². The number of fused-ring (bicyclic) bond motifs is 3. The molecule has 1 unspecified atom stereocenters. The van der Waals surface area contributed by atoms with Gasteiger partial charge < -0.3 is 5.11 Å². The van der Waals surface area contributed by atoms with Crippen molar-refractivity contribution in [1.29, 1.82) is 0 Å². The average Bonchev–Trinajstić information content (AvgIpc) is 3.03. The minimum absolute atomic E-state index is 0.114. The highest BCUT2D eigenvalue weighted by Gasteiger charge is 2.46. The third-order valence-electron chi connectivity index (χ3n) is 5.40. The van der Waals surface area contributed by atoms with Gasteiger partial charge in [0.05, 0.1) is 7.05 Å². The zero-order valence-corrected chi connectivity index (χ0v) is 15.2. The summed E-state index contributed by atoms with van der Waals surface area (Å²) in [5, 5.41) is 10.2. The number of nitrogens with zero attached hydrogens (tertiary/aromatic N) is 1. The maximum absolute atomic E-state index is 12.4. The summed E-state index contributed by atoms with van der Waals surface area (Å²) in [6.45, 7) is 0.400. The van der Waals surface area contributed by atoms with Crippen molar-refractivity contribution in [3.8, 4) is 11.1 Å². The predicted octanol–water partition coefficient (Wildman–Crippen LogP) is 5.59. The number of hydrogen-bond donors (Lipinski definition) is 1. The number of rotatable bonds is 4. The van der Waals surface area contributed by atoms with Crippen molar-refractivity contribution >= 4 is 12.2 Å². The van der Waals surface area contributed by atoms with Gasteiger partial charge >= 0.3 is 6.09 Å². The van der Waals surface area contributed by atoms with Crippen molar-refractivity contribution in [3.05, 3.63) is 102 Å². The average molecular weight is 357 g/mol. The van der Waals surface area contributed by atoms with Gasteiger partial charge in [0.25, 0.3) is 0 Å². The summed E-state index contributed by atoms with van der Waals surface area (Å²) < 4.78 is -0.114. The third-order valence-corrected chi connectivity index (χ3v) is 5.40. The van der Waals surface area contributed by atoms with E-state index in [0.717, 1.165) is 27.8 Å². The molecular weight excluding hydrogens is 335 g/mol. The monoisotopic (exact) mass is 357 g/mol. The lowest BCUT2D eigenvalue weighted by molar-refractivity contribution is -0.856. The first kappa shape index (κ1) is 17.3. The topological polar surface area (TPSA) is 37.3 Å². The molecule has 27 heavy (non-hydrogen) atoms. The van der Waals surface area contributed by atoms with Crippen molar-refractivity contribution in [2.45, 2.75) is 6.04 Å². The lowest BCUT2D eigenvalue weighted by Crippen LogP contribution is -2.51. The Hall–Kier alpha value is -3.17. The summed E-state index contributed by atoms with van der Waals surface area (Å²) in [6, 6.07) is 26.0. The maximum atomic E-state index is 12.4. The highest BCUT2D eigenvalue weighted by atomic mass is 16.5. The van der Waals surface area contributed by atoms with Gasteiger partial charge in [0.15, 0.2) is 6.04 Å². The first-order chi connectivity index (χ1) is 13.1. The van der Waals surface area contributed by atoms with E-state index in [0.29, 0.717) is 6.54 Å². The van der Waals surface area contributed by atoms with Gasteiger partial charge in [0, 0.05) is 11.1 Å². The molecule has 1 N–H and O–H groups in total. The van der Waals surface area contributed by atoms with Crippen molar-refractivity contribution in [1.82, 2.24) is 0 Å². The predicted molar refractivity (Wildman–Crippen MR) is 108 cm³/mol. The smallest absolute Gasteiger partial charge is 0.435 e. The van der Waals surface area contributed by atoms with Gasteiger partial charge in [-0.15, -0.1) is 0 Å². The number of hydrogen-bond acceptors (Lipinski definition) is 1. The van der Waals surface area contributed by atoms with Crippen molar-refractivity contribution in [2.75, 3.05) is 13.6 Å². The van der Waals surface area contributed by atoms with Crippen molar-refractivity contribution < 1.29 is 14.4 Å². The Morgan fingerprint density at radius 1 is 0.889 bits per heavy atom. The fraction of sp³-hybridized carbons (Fsp3) is 0.125. The Morgan fingerprint density at radius 2 is 1.41 bits per heavy atom. The second-order valence-electron chi connectivity index (χ2n) is 7.12. The number of quaternary nitrogens is 1. The largest absolute Gasteiger partial charge is 0.514 e. The molecule has 1 amide bonds. The maximum Gasteiger partial charge on any atom is 0.514 e. The van der Waals surface area contributed by atoms with Gasteiger partial charge in [-0.05, 0) is 22.8 Å². The lowest BCUT2D eigenvalue weighted by Gasteiger charge is -2.34. The molecule has 0 aromatic heterocycles. The third kappa shape index (κ3) is 2.96. The van der Waals surface area contributed by atoms with Crippen LogP contribution in [-0.4, -0.2) is 29.3 Å². The summed E-state index contributed by atoms with van der Waals surface area (Å²) >= 11 is 0. The summed E-state index contributed by atoms with van der Waals surface area (Å²) in [7, 11) is 1.81. The molecule has 3 heteroatoms. The first-order valence-electron chi connectivity index (χ1n) is 9.10. The molecule has 0 heterocycles. The van der Waals surface area contributed by atoms with Crippen LogP contribution >= 0.6 is 0 Å². The Morgan fingerprint density at radius 3 is 1.96 bits per heavy atom. The minimum atomic E-state index is -0.829. The van der Waals surface area contributed by atoms with E-state index in [1.54, 1.807) is 7.05 Å². The molecule has 0 spiro atoms. The fourth-order valence-electron chi connectivity index (χ4n) is 4.01. The van der Waals surface area contributed by atoms with Crippen LogP contribution in [0.2, 0.25) is 0 Å². The summed E-state index contributed by atoms with van der Waals surface area (Å²) in [6.07, 6.45) is 3.13. The van der Waals surface area contributed by atoms with Crippen LogP contribution in [0.4, 0.5) is 4.79 Å². The number of amides is 1. The summed E-state index contributed by atoms with van der Waals surface area (Å²) in [5.74, 6) is 0. The Balaban J connectivity index is 1.76. The van der Waals surface area contributed by atoms with Crippen LogP contribution in [0.1, 0.15) is 22.7 Å². The SMILES string of the molecule is C[N+](CC=Cc1ccccc1)(C1c2ccccc2-c2ccccc21)[13C](=O)O. The molecule has 0 bridgehead atoms. The van der Waals surface area contributed by atoms with E-state index in [2.05, 4.69) is 24.3 Å². The van der Waals surface area contributed by atoms with Gasteiger partial charge in [0.2, 0.25) is 0 Å². The Labute approximate surface area is 159 Å². The van der Waals surface area contributed by atoms with E-state index >= 15 is 0 Å². The molecule has 0 radical (unpaired) electrons. The molecule has 0 fully saturated rings. The molecule has 1 aliphatic rings. The number of carbonyl (C=O) groups is 1. The van der Waals surface area contributed by atoms with Gasteiger partial charge in [-0.1, -0.05) is 84.9 Å². The second kappa shape index (κ2) is 6.86. The van der Waals surface area contributed by atoms with Crippen molar-refractivity contribution in [3.63, 3.8) is 0 Å². The molecule has 1 atom stereocenters. The van der Waals surface area contributed by atoms with Crippen LogP contribution in [0.3, 0.4) is 0 Å². The summed E-state index contributed by atoms with van der Waals surface area (Å²) in [4.78, 5) is 12.4. The van der Waals surface area contributed by atoms with E-state index in [9.17, 15) is 9.90 Å². The molecule has 4 rings (SSSR count).